The second-order valence-corrected chi connectivity index (χ2v) is 8.90. The normalized spacial score (nSPS) is 30.5. The average molecular weight is 321 g/mol. The Balaban J connectivity index is 2.40. The van der Waals surface area contributed by atoms with Gasteiger partial charge in [0.2, 0.25) is 0 Å². The van der Waals surface area contributed by atoms with Gasteiger partial charge in [0.05, 0.1) is 0 Å². The fraction of sp³-hybridized carbons (Fsp3) is 1.00. The van der Waals surface area contributed by atoms with Gasteiger partial charge in [-0.2, -0.15) is 11.8 Å². The zero-order chi connectivity index (χ0) is 12.9. The SMILES string of the molecule is CCSCCCC(C)(C)C1CCC(C)CC1Br. The van der Waals surface area contributed by atoms with Gasteiger partial charge in [0.15, 0.2) is 0 Å². The molecule has 0 spiro atoms. The van der Waals surface area contributed by atoms with E-state index in [1.807, 2.05) is 0 Å². The first-order chi connectivity index (χ1) is 7.97. The topological polar surface area (TPSA) is 0 Å². The number of alkyl halides is 1. The number of rotatable bonds is 6. The van der Waals surface area contributed by atoms with E-state index in [1.165, 1.54) is 43.6 Å². The van der Waals surface area contributed by atoms with Gasteiger partial charge in [-0.25, -0.2) is 0 Å². The lowest BCUT2D eigenvalue weighted by Crippen LogP contribution is -2.35. The van der Waals surface area contributed by atoms with E-state index < -0.39 is 0 Å². The van der Waals surface area contributed by atoms with Gasteiger partial charge in [-0.05, 0) is 54.4 Å². The summed E-state index contributed by atoms with van der Waals surface area (Å²) in [5.74, 6) is 4.41. The zero-order valence-electron chi connectivity index (χ0n) is 12.0. The van der Waals surface area contributed by atoms with Crippen LogP contribution in [0.5, 0.6) is 0 Å². The molecule has 1 rings (SSSR count). The molecule has 1 aliphatic carbocycles. The highest BCUT2D eigenvalue weighted by Crippen LogP contribution is 2.45. The van der Waals surface area contributed by atoms with Gasteiger partial charge in [-0.15, -0.1) is 0 Å². The maximum Gasteiger partial charge on any atom is 0.0181 e. The Labute approximate surface area is 121 Å². The van der Waals surface area contributed by atoms with Crippen LogP contribution in [-0.2, 0) is 0 Å². The van der Waals surface area contributed by atoms with Crippen molar-refractivity contribution >= 4 is 27.7 Å². The molecular formula is C15H29BrS. The van der Waals surface area contributed by atoms with E-state index in [4.69, 9.17) is 0 Å². The highest BCUT2D eigenvalue weighted by molar-refractivity contribution is 9.09. The summed E-state index contributed by atoms with van der Waals surface area (Å²) in [6.45, 7) is 9.62. The summed E-state index contributed by atoms with van der Waals surface area (Å²) in [6.07, 6.45) is 7.00. The van der Waals surface area contributed by atoms with Crippen LogP contribution in [-0.4, -0.2) is 16.3 Å². The number of halogens is 1. The third-order valence-corrected chi connectivity index (χ3v) is 6.35. The van der Waals surface area contributed by atoms with Crippen molar-refractivity contribution in [3.8, 4) is 0 Å². The van der Waals surface area contributed by atoms with Crippen LogP contribution < -0.4 is 0 Å². The molecule has 0 aromatic rings. The van der Waals surface area contributed by atoms with E-state index in [9.17, 15) is 0 Å². The Kier molecular flexibility index (Phi) is 6.94. The lowest BCUT2D eigenvalue weighted by Gasteiger charge is -2.42. The molecule has 0 saturated heterocycles. The predicted molar refractivity (Wildman–Crippen MR) is 85.2 cm³/mol. The standard InChI is InChI=1S/C15H29BrS/c1-5-17-10-6-9-15(3,4)13-8-7-12(2)11-14(13)16/h12-14H,5-11H2,1-4H3. The van der Waals surface area contributed by atoms with Crippen LogP contribution in [0.3, 0.4) is 0 Å². The summed E-state index contributed by atoms with van der Waals surface area (Å²) in [5.41, 5.74) is 0.516. The quantitative estimate of drug-likeness (QED) is 0.444. The molecule has 0 aromatic heterocycles. The first kappa shape index (κ1) is 15.9. The molecule has 17 heavy (non-hydrogen) atoms. The molecule has 0 aliphatic heterocycles. The van der Waals surface area contributed by atoms with E-state index in [0.717, 1.165) is 16.7 Å². The van der Waals surface area contributed by atoms with Gasteiger partial charge < -0.3 is 0 Å². The predicted octanol–water partition coefficient (Wildman–Crippen LogP) is 5.75. The fourth-order valence-corrected chi connectivity index (χ4v) is 5.41. The van der Waals surface area contributed by atoms with Crippen LogP contribution in [0.25, 0.3) is 0 Å². The summed E-state index contributed by atoms with van der Waals surface area (Å²) in [6, 6.07) is 0. The van der Waals surface area contributed by atoms with Crippen LogP contribution >= 0.6 is 27.7 Å². The van der Waals surface area contributed by atoms with Crippen molar-refractivity contribution in [1.82, 2.24) is 0 Å². The first-order valence-corrected chi connectivity index (χ1v) is 9.26. The highest BCUT2D eigenvalue weighted by atomic mass is 79.9. The number of hydrogen-bond acceptors (Lipinski definition) is 1. The van der Waals surface area contributed by atoms with Crippen LogP contribution in [0.1, 0.15) is 59.8 Å². The summed E-state index contributed by atoms with van der Waals surface area (Å²) in [5, 5.41) is 0. The Bertz CT molecular complexity index is 215. The van der Waals surface area contributed by atoms with Crippen molar-refractivity contribution in [2.75, 3.05) is 11.5 Å². The van der Waals surface area contributed by atoms with Crippen LogP contribution in [0.15, 0.2) is 0 Å². The van der Waals surface area contributed by atoms with Crippen molar-refractivity contribution in [1.29, 1.82) is 0 Å². The monoisotopic (exact) mass is 320 g/mol. The minimum atomic E-state index is 0.516. The molecule has 0 amide bonds. The largest absolute Gasteiger partial charge is 0.162 e. The molecule has 0 heterocycles. The molecule has 3 atom stereocenters. The molecule has 0 aromatic carbocycles. The number of hydrogen-bond donors (Lipinski definition) is 0. The summed E-state index contributed by atoms with van der Waals surface area (Å²) >= 11 is 6.03. The maximum absolute atomic E-state index is 3.95. The number of thioether (sulfide) groups is 1. The van der Waals surface area contributed by atoms with E-state index >= 15 is 0 Å². The van der Waals surface area contributed by atoms with E-state index in [-0.39, 0.29) is 0 Å². The lowest BCUT2D eigenvalue weighted by atomic mass is 9.67. The Morgan fingerprint density at radius 1 is 1.29 bits per heavy atom. The molecule has 1 aliphatic rings. The summed E-state index contributed by atoms with van der Waals surface area (Å²) in [7, 11) is 0. The Morgan fingerprint density at radius 2 is 2.00 bits per heavy atom. The smallest absolute Gasteiger partial charge is 0.0181 e. The minimum Gasteiger partial charge on any atom is -0.162 e. The van der Waals surface area contributed by atoms with Crippen LogP contribution in [0.4, 0.5) is 0 Å². The molecule has 3 unspecified atom stereocenters. The Hall–Kier alpha value is 0.830. The highest BCUT2D eigenvalue weighted by Gasteiger charge is 2.37. The molecule has 0 nitrogen and oxygen atoms in total. The van der Waals surface area contributed by atoms with Gasteiger partial charge >= 0.3 is 0 Å². The van der Waals surface area contributed by atoms with Gasteiger partial charge in [-0.1, -0.05) is 50.0 Å². The van der Waals surface area contributed by atoms with Gasteiger partial charge in [0.25, 0.3) is 0 Å². The van der Waals surface area contributed by atoms with Gasteiger partial charge in [0.1, 0.15) is 0 Å². The van der Waals surface area contributed by atoms with Gasteiger partial charge in [-0.3, -0.25) is 0 Å². The van der Waals surface area contributed by atoms with E-state index in [2.05, 4.69) is 55.4 Å². The van der Waals surface area contributed by atoms with Crippen molar-refractivity contribution in [2.24, 2.45) is 17.3 Å². The second kappa shape index (κ2) is 7.43. The molecule has 0 radical (unpaired) electrons. The molecule has 0 bridgehead atoms. The van der Waals surface area contributed by atoms with Crippen molar-refractivity contribution < 1.29 is 0 Å². The third kappa shape index (κ3) is 5.14. The second-order valence-electron chi connectivity index (χ2n) is 6.33. The molecule has 0 N–H and O–H groups in total. The first-order valence-electron chi connectivity index (χ1n) is 7.19. The van der Waals surface area contributed by atoms with E-state index in [0.29, 0.717) is 5.41 Å². The Morgan fingerprint density at radius 3 is 2.59 bits per heavy atom. The van der Waals surface area contributed by atoms with Crippen molar-refractivity contribution in [2.45, 2.75) is 64.6 Å². The zero-order valence-corrected chi connectivity index (χ0v) is 14.4. The molecule has 1 fully saturated rings. The summed E-state index contributed by atoms with van der Waals surface area (Å²) < 4.78 is 0. The van der Waals surface area contributed by atoms with E-state index in [1.54, 1.807) is 0 Å². The molecule has 2 heteroatoms. The van der Waals surface area contributed by atoms with Crippen LogP contribution in [0, 0.1) is 17.3 Å². The summed E-state index contributed by atoms with van der Waals surface area (Å²) in [4.78, 5) is 0.750. The molecule has 102 valence electrons. The minimum absolute atomic E-state index is 0.516. The van der Waals surface area contributed by atoms with Crippen molar-refractivity contribution in [3.05, 3.63) is 0 Å². The van der Waals surface area contributed by atoms with Crippen LogP contribution in [0.2, 0.25) is 0 Å². The van der Waals surface area contributed by atoms with Gasteiger partial charge in [0, 0.05) is 4.83 Å². The van der Waals surface area contributed by atoms with Crippen molar-refractivity contribution in [3.63, 3.8) is 0 Å². The lowest BCUT2D eigenvalue weighted by molar-refractivity contribution is 0.136. The molecular weight excluding hydrogens is 292 g/mol. The molecule has 1 saturated carbocycles. The maximum atomic E-state index is 3.95. The fourth-order valence-electron chi connectivity index (χ4n) is 3.15. The third-order valence-electron chi connectivity index (χ3n) is 4.35. The average Bonchev–Trinajstić information content (AvgIpc) is 2.24.